The molecule has 0 atom stereocenters. The molecule has 0 saturated heterocycles. The van der Waals surface area contributed by atoms with Crippen molar-refractivity contribution >= 4 is 39.7 Å². The van der Waals surface area contributed by atoms with Gasteiger partial charge in [-0.1, -0.05) is 24.3 Å². The topological polar surface area (TPSA) is 54.4 Å². The molecule has 0 radical (unpaired) electrons. The fraction of sp³-hybridized carbons (Fsp3) is 0. The summed E-state index contributed by atoms with van der Waals surface area (Å²) in [7, 11) is 0. The second-order valence-corrected chi connectivity index (χ2v) is 5.70. The first kappa shape index (κ1) is 13.1. The third kappa shape index (κ3) is 2.06. The SMILES string of the molecule is O=C1C(c2ccc(I)cc2)=CC(=O)c2c(O)cccc21. The van der Waals surface area contributed by atoms with E-state index in [-0.39, 0.29) is 28.4 Å². The van der Waals surface area contributed by atoms with Gasteiger partial charge < -0.3 is 5.11 Å². The zero-order chi connectivity index (χ0) is 14.3. The normalized spacial score (nSPS) is 13.9. The fourth-order valence-corrected chi connectivity index (χ4v) is 2.61. The predicted octanol–water partition coefficient (Wildman–Crippen LogP) is 3.46. The molecule has 98 valence electrons. The number of hydrogen-bond donors (Lipinski definition) is 1. The van der Waals surface area contributed by atoms with E-state index in [1.54, 1.807) is 12.1 Å². The number of allylic oxidation sites excluding steroid dienone is 2. The minimum atomic E-state index is -0.341. The summed E-state index contributed by atoms with van der Waals surface area (Å²) >= 11 is 2.18. The van der Waals surface area contributed by atoms with Crippen LogP contribution in [0.25, 0.3) is 5.57 Å². The molecule has 0 spiro atoms. The van der Waals surface area contributed by atoms with Crippen LogP contribution in [0.2, 0.25) is 0 Å². The number of phenols is 1. The van der Waals surface area contributed by atoms with Crippen LogP contribution in [0.4, 0.5) is 0 Å². The molecule has 1 aliphatic rings. The van der Waals surface area contributed by atoms with Gasteiger partial charge in [0.15, 0.2) is 11.6 Å². The van der Waals surface area contributed by atoms with Gasteiger partial charge in [0.2, 0.25) is 0 Å². The van der Waals surface area contributed by atoms with E-state index >= 15 is 0 Å². The monoisotopic (exact) mass is 376 g/mol. The van der Waals surface area contributed by atoms with Crippen molar-refractivity contribution in [2.75, 3.05) is 0 Å². The molecule has 0 fully saturated rings. The molecule has 0 bridgehead atoms. The van der Waals surface area contributed by atoms with E-state index < -0.39 is 0 Å². The maximum Gasteiger partial charge on any atom is 0.194 e. The van der Waals surface area contributed by atoms with Gasteiger partial charge in [0.25, 0.3) is 0 Å². The molecule has 3 rings (SSSR count). The smallest absolute Gasteiger partial charge is 0.194 e. The first-order valence-corrected chi connectivity index (χ1v) is 7.04. The quantitative estimate of drug-likeness (QED) is 0.776. The van der Waals surface area contributed by atoms with Crippen LogP contribution in [0.5, 0.6) is 5.75 Å². The number of halogens is 1. The van der Waals surface area contributed by atoms with Crippen LogP contribution < -0.4 is 0 Å². The summed E-state index contributed by atoms with van der Waals surface area (Å²) in [5.74, 6) is -0.735. The molecule has 0 aromatic heterocycles. The van der Waals surface area contributed by atoms with Gasteiger partial charge in [0.05, 0.1) is 5.56 Å². The number of Topliss-reactive ketones (excluding diaryl/α,β-unsaturated/α-hetero) is 1. The Bertz CT molecular complexity index is 758. The third-order valence-corrected chi connectivity index (χ3v) is 3.93. The highest BCUT2D eigenvalue weighted by Gasteiger charge is 2.28. The number of fused-ring (bicyclic) bond motifs is 1. The Balaban J connectivity index is 2.15. The molecule has 0 heterocycles. The van der Waals surface area contributed by atoms with Crippen molar-refractivity contribution in [3.05, 3.63) is 68.8 Å². The van der Waals surface area contributed by atoms with E-state index in [2.05, 4.69) is 22.6 Å². The molecule has 2 aromatic carbocycles. The molecule has 3 nitrogen and oxygen atoms in total. The highest BCUT2D eigenvalue weighted by atomic mass is 127. The number of rotatable bonds is 1. The zero-order valence-electron chi connectivity index (χ0n) is 10.3. The van der Waals surface area contributed by atoms with E-state index in [4.69, 9.17) is 0 Å². The lowest BCUT2D eigenvalue weighted by atomic mass is 9.86. The molecule has 0 amide bonds. The van der Waals surface area contributed by atoms with Gasteiger partial charge in [0.1, 0.15) is 5.75 Å². The van der Waals surface area contributed by atoms with Crippen LogP contribution in [-0.4, -0.2) is 16.7 Å². The third-order valence-electron chi connectivity index (χ3n) is 3.21. The van der Waals surface area contributed by atoms with E-state index in [1.807, 2.05) is 24.3 Å². The second-order valence-electron chi connectivity index (χ2n) is 4.46. The van der Waals surface area contributed by atoms with Crippen molar-refractivity contribution < 1.29 is 14.7 Å². The van der Waals surface area contributed by atoms with Gasteiger partial charge in [-0.3, -0.25) is 9.59 Å². The van der Waals surface area contributed by atoms with E-state index in [1.165, 1.54) is 12.1 Å². The number of aromatic hydroxyl groups is 1. The van der Waals surface area contributed by atoms with Crippen LogP contribution in [0, 0.1) is 3.57 Å². The Morgan fingerprint density at radius 1 is 0.950 bits per heavy atom. The highest BCUT2D eigenvalue weighted by Crippen LogP contribution is 2.32. The molecule has 0 aliphatic heterocycles. The van der Waals surface area contributed by atoms with Gasteiger partial charge in [0, 0.05) is 14.7 Å². The van der Waals surface area contributed by atoms with Gasteiger partial charge in [-0.25, -0.2) is 0 Å². The predicted molar refractivity (Wildman–Crippen MR) is 83.9 cm³/mol. The minimum Gasteiger partial charge on any atom is -0.507 e. The maximum absolute atomic E-state index is 12.5. The van der Waals surface area contributed by atoms with Crippen LogP contribution >= 0.6 is 22.6 Å². The zero-order valence-corrected chi connectivity index (χ0v) is 12.4. The average molecular weight is 376 g/mol. The molecule has 0 unspecified atom stereocenters. The van der Waals surface area contributed by atoms with Crippen molar-refractivity contribution in [2.45, 2.75) is 0 Å². The highest BCUT2D eigenvalue weighted by molar-refractivity contribution is 14.1. The van der Waals surface area contributed by atoms with E-state index in [0.717, 1.165) is 3.57 Å². The number of phenolic OH excluding ortho intramolecular Hbond substituents is 1. The van der Waals surface area contributed by atoms with Gasteiger partial charge in [-0.2, -0.15) is 0 Å². The van der Waals surface area contributed by atoms with Crippen molar-refractivity contribution in [2.24, 2.45) is 0 Å². The van der Waals surface area contributed by atoms with Crippen LogP contribution in [0.1, 0.15) is 26.3 Å². The van der Waals surface area contributed by atoms with Gasteiger partial charge in [-0.15, -0.1) is 0 Å². The summed E-state index contributed by atoms with van der Waals surface area (Å²) in [4.78, 5) is 24.6. The molecule has 1 aliphatic carbocycles. The van der Waals surface area contributed by atoms with Crippen LogP contribution in [0.3, 0.4) is 0 Å². The summed E-state index contributed by atoms with van der Waals surface area (Å²) in [6.45, 7) is 0. The molecule has 20 heavy (non-hydrogen) atoms. The average Bonchev–Trinajstić information content (AvgIpc) is 2.44. The number of carbonyl (C=O) groups excluding carboxylic acids is 2. The Kier molecular flexibility index (Phi) is 3.17. The van der Waals surface area contributed by atoms with Crippen molar-refractivity contribution in [1.82, 2.24) is 0 Å². The van der Waals surface area contributed by atoms with Crippen LogP contribution in [0.15, 0.2) is 48.5 Å². The molecule has 4 heteroatoms. The number of hydrogen-bond acceptors (Lipinski definition) is 3. The lowest BCUT2D eigenvalue weighted by molar-refractivity contribution is 0.0999. The minimum absolute atomic E-state index is 0.0896. The Labute approximate surface area is 129 Å². The summed E-state index contributed by atoms with van der Waals surface area (Å²) in [5, 5.41) is 9.73. The van der Waals surface area contributed by atoms with Crippen molar-refractivity contribution in [3.8, 4) is 5.75 Å². The Morgan fingerprint density at radius 3 is 2.35 bits per heavy atom. The van der Waals surface area contributed by atoms with E-state index in [0.29, 0.717) is 11.1 Å². The van der Waals surface area contributed by atoms with E-state index in [9.17, 15) is 14.7 Å². The first-order valence-electron chi connectivity index (χ1n) is 5.96. The largest absolute Gasteiger partial charge is 0.507 e. The van der Waals surface area contributed by atoms with Crippen molar-refractivity contribution in [3.63, 3.8) is 0 Å². The molecular weight excluding hydrogens is 367 g/mol. The van der Waals surface area contributed by atoms with Gasteiger partial charge in [-0.05, 0) is 52.4 Å². The Morgan fingerprint density at radius 2 is 1.65 bits per heavy atom. The molecule has 2 aromatic rings. The van der Waals surface area contributed by atoms with Gasteiger partial charge >= 0.3 is 0 Å². The lowest BCUT2D eigenvalue weighted by Crippen LogP contribution is -2.16. The summed E-state index contributed by atoms with van der Waals surface area (Å²) in [6, 6.07) is 11.9. The number of carbonyl (C=O) groups is 2. The first-order chi connectivity index (χ1) is 9.58. The molecular formula is C16H9IO3. The number of ketones is 2. The summed E-state index contributed by atoms with van der Waals surface area (Å²) in [5.41, 5.74) is 1.42. The second kappa shape index (κ2) is 4.86. The standard InChI is InChI=1S/C16H9IO3/c17-10-6-4-9(5-7-10)12-8-14(19)15-11(16(12)20)2-1-3-13(15)18/h1-8,18H. The molecule has 1 N–H and O–H groups in total. The van der Waals surface area contributed by atoms with Crippen molar-refractivity contribution in [1.29, 1.82) is 0 Å². The summed E-state index contributed by atoms with van der Waals surface area (Å²) < 4.78 is 1.06. The molecule has 0 saturated carbocycles. The summed E-state index contributed by atoms with van der Waals surface area (Å²) in [6.07, 6.45) is 1.30. The maximum atomic E-state index is 12.5. The fourth-order valence-electron chi connectivity index (χ4n) is 2.25. The lowest BCUT2D eigenvalue weighted by Gasteiger charge is -2.16. The Hall–Kier alpha value is -1.95. The van der Waals surface area contributed by atoms with Crippen LogP contribution in [-0.2, 0) is 0 Å². The number of benzene rings is 2.